The van der Waals surface area contributed by atoms with Crippen molar-refractivity contribution in [2.24, 2.45) is 0 Å². The van der Waals surface area contributed by atoms with Crippen molar-refractivity contribution in [2.75, 3.05) is 30.4 Å². The molecule has 5 nitrogen and oxygen atoms in total. The van der Waals surface area contributed by atoms with Crippen LogP contribution in [0.3, 0.4) is 0 Å². The fourth-order valence-corrected chi connectivity index (χ4v) is 2.66. The first-order chi connectivity index (χ1) is 10.3. The van der Waals surface area contributed by atoms with Crippen molar-refractivity contribution in [1.82, 2.24) is 9.97 Å². The number of benzene rings is 1. The molecule has 2 aromatic rings. The maximum atomic E-state index is 5.18. The normalized spacial score (nSPS) is 13.3. The van der Waals surface area contributed by atoms with E-state index in [2.05, 4.69) is 51.4 Å². The molecule has 1 aromatic carbocycles. The van der Waals surface area contributed by atoms with Gasteiger partial charge in [-0.15, -0.1) is 0 Å². The average Bonchev–Trinajstić information content (AvgIpc) is 2.92. The summed E-state index contributed by atoms with van der Waals surface area (Å²) in [6.07, 6.45) is 1.05. The van der Waals surface area contributed by atoms with Gasteiger partial charge in [-0.05, 0) is 25.0 Å². The Bertz CT molecular complexity index is 605. The van der Waals surface area contributed by atoms with E-state index < -0.39 is 0 Å². The van der Waals surface area contributed by atoms with Crippen LogP contribution >= 0.6 is 0 Å². The number of fused-ring (bicyclic) bond motifs is 1. The van der Waals surface area contributed by atoms with Gasteiger partial charge in [0.1, 0.15) is 18.2 Å². The molecule has 5 heteroatoms. The van der Waals surface area contributed by atoms with Crippen LogP contribution in [0, 0.1) is 0 Å². The third kappa shape index (κ3) is 2.83. The molecular weight excluding hydrogens is 264 g/mol. The molecule has 0 radical (unpaired) electrons. The number of ether oxygens (including phenoxy) is 1. The molecule has 0 amide bonds. The second-order valence-electron chi connectivity index (χ2n) is 5.02. The minimum Gasteiger partial charge on any atom is -0.377 e. The highest BCUT2D eigenvalue weighted by molar-refractivity contribution is 5.68. The highest BCUT2D eigenvalue weighted by Crippen LogP contribution is 2.33. The van der Waals surface area contributed by atoms with E-state index >= 15 is 0 Å². The van der Waals surface area contributed by atoms with Crippen molar-refractivity contribution < 1.29 is 4.74 Å². The van der Waals surface area contributed by atoms with Gasteiger partial charge in [0.05, 0.1) is 0 Å². The molecule has 110 valence electrons. The van der Waals surface area contributed by atoms with Gasteiger partial charge in [-0.2, -0.15) is 0 Å². The minimum absolute atomic E-state index is 0.418. The second kappa shape index (κ2) is 6.10. The molecule has 1 aliphatic rings. The van der Waals surface area contributed by atoms with Crippen molar-refractivity contribution >= 4 is 17.3 Å². The lowest BCUT2D eigenvalue weighted by molar-refractivity contribution is 0.178. The largest absolute Gasteiger partial charge is 0.377 e. The van der Waals surface area contributed by atoms with Gasteiger partial charge in [0.25, 0.3) is 0 Å². The Kier molecular flexibility index (Phi) is 4.01. The van der Waals surface area contributed by atoms with E-state index in [-0.39, 0.29) is 0 Å². The van der Waals surface area contributed by atoms with Crippen LogP contribution in [0.25, 0.3) is 0 Å². The first-order valence-electron chi connectivity index (χ1n) is 7.28. The third-order valence-electron chi connectivity index (χ3n) is 3.55. The van der Waals surface area contributed by atoms with Gasteiger partial charge in [-0.3, -0.25) is 0 Å². The number of aromatic nitrogens is 2. The number of nitrogens with one attached hydrogen (secondary N) is 1. The van der Waals surface area contributed by atoms with Crippen molar-refractivity contribution in [3.63, 3.8) is 0 Å². The van der Waals surface area contributed by atoms with Crippen molar-refractivity contribution in [2.45, 2.75) is 20.0 Å². The van der Waals surface area contributed by atoms with Crippen LogP contribution in [-0.4, -0.2) is 30.2 Å². The van der Waals surface area contributed by atoms with Crippen LogP contribution in [0.4, 0.5) is 17.3 Å². The lowest BCUT2D eigenvalue weighted by Gasteiger charge is -2.20. The van der Waals surface area contributed by atoms with Crippen molar-refractivity contribution in [1.29, 1.82) is 0 Å². The van der Waals surface area contributed by atoms with E-state index in [1.165, 1.54) is 11.3 Å². The number of rotatable bonds is 5. The molecule has 0 atom stereocenters. The molecule has 0 fully saturated rings. The lowest BCUT2D eigenvalue weighted by atomic mass is 10.2. The Morgan fingerprint density at radius 1 is 1.29 bits per heavy atom. The Morgan fingerprint density at radius 3 is 2.95 bits per heavy atom. The fourth-order valence-electron chi connectivity index (χ4n) is 2.66. The van der Waals surface area contributed by atoms with Crippen molar-refractivity contribution in [3.05, 3.63) is 41.7 Å². The molecule has 0 bridgehead atoms. The maximum Gasteiger partial charge on any atom is 0.158 e. The molecule has 1 aromatic heterocycles. The summed E-state index contributed by atoms with van der Waals surface area (Å²) in [4.78, 5) is 11.3. The quantitative estimate of drug-likeness (QED) is 0.915. The molecule has 0 saturated heterocycles. The summed E-state index contributed by atoms with van der Waals surface area (Å²) >= 11 is 0. The SMILES string of the molecule is CCNc1cc(N2CCc3ccccc32)nc(COC)n1. The van der Waals surface area contributed by atoms with E-state index in [4.69, 9.17) is 4.74 Å². The Balaban J connectivity index is 1.98. The summed E-state index contributed by atoms with van der Waals surface area (Å²) in [5.41, 5.74) is 2.61. The number of hydrogen-bond donors (Lipinski definition) is 1. The first kappa shape index (κ1) is 13.8. The van der Waals surface area contributed by atoms with Crippen molar-refractivity contribution in [3.8, 4) is 0 Å². The van der Waals surface area contributed by atoms with Crippen LogP contribution in [0.2, 0.25) is 0 Å². The third-order valence-corrected chi connectivity index (χ3v) is 3.55. The van der Waals surface area contributed by atoms with Crippen LogP contribution < -0.4 is 10.2 Å². The number of anilines is 3. The predicted molar refractivity (Wildman–Crippen MR) is 84.1 cm³/mol. The summed E-state index contributed by atoms with van der Waals surface area (Å²) in [6.45, 7) is 4.26. The highest BCUT2D eigenvalue weighted by Gasteiger charge is 2.21. The molecule has 0 aliphatic carbocycles. The minimum atomic E-state index is 0.418. The van der Waals surface area contributed by atoms with E-state index in [1.54, 1.807) is 7.11 Å². The zero-order chi connectivity index (χ0) is 14.7. The Labute approximate surface area is 125 Å². The second-order valence-corrected chi connectivity index (χ2v) is 5.02. The summed E-state index contributed by atoms with van der Waals surface area (Å²) in [7, 11) is 1.66. The smallest absolute Gasteiger partial charge is 0.158 e. The lowest BCUT2D eigenvalue weighted by Crippen LogP contribution is -2.17. The zero-order valence-electron chi connectivity index (χ0n) is 12.5. The number of para-hydroxylation sites is 1. The van der Waals surface area contributed by atoms with Gasteiger partial charge in [0.15, 0.2) is 5.82 Å². The van der Waals surface area contributed by atoms with Gasteiger partial charge in [0.2, 0.25) is 0 Å². The van der Waals surface area contributed by atoms with E-state index in [0.717, 1.165) is 31.1 Å². The van der Waals surface area contributed by atoms with E-state index in [1.807, 2.05) is 6.07 Å². The molecule has 0 saturated carbocycles. The zero-order valence-corrected chi connectivity index (χ0v) is 12.5. The number of hydrogen-bond acceptors (Lipinski definition) is 5. The van der Waals surface area contributed by atoms with Crippen LogP contribution in [0.5, 0.6) is 0 Å². The predicted octanol–water partition coefficient (Wildman–Crippen LogP) is 2.75. The van der Waals surface area contributed by atoms with Gasteiger partial charge in [-0.25, -0.2) is 9.97 Å². The average molecular weight is 284 g/mol. The van der Waals surface area contributed by atoms with Gasteiger partial charge < -0.3 is 15.0 Å². The number of methoxy groups -OCH3 is 1. The summed E-state index contributed by atoms with van der Waals surface area (Å²) in [6, 6.07) is 10.5. The van der Waals surface area contributed by atoms with Crippen LogP contribution in [-0.2, 0) is 17.8 Å². The standard InChI is InChI=1S/C16H20N4O/c1-3-17-14-10-16(19-15(18-14)11-21-2)20-9-8-12-6-4-5-7-13(12)20/h4-7,10H,3,8-9,11H2,1-2H3,(H,17,18,19). The monoisotopic (exact) mass is 284 g/mol. The fraction of sp³-hybridized carbons (Fsp3) is 0.375. The molecule has 0 spiro atoms. The van der Waals surface area contributed by atoms with Gasteiger partial charge in [0, 0.05) is 32.0 Å². The molecular formula is C16H20N4O. The first-order valence-corrected chi connectivity index (χ1v) is 7.28. The van der Waals surface area contributed by atoms with Crippen LogP contribution in [0.1, 0.15) is 18.3 Å². The Hall–Kier alpha value is -2.14. The maximum absolute atomic E-state index is 5.18. The molecule has 2 heterocycles. The van der Waals surface area contributed by atoms with E-state index in [0.29, 0.717) is 12.4 Å². The topological polar surface area (TPSA) is 50.3 Å². The summed E-state index contributed by atoms with van der Waals surface area (Å²) in [5, 5.41) is 3.26. The highest BCUT2D eigenvalue weighted by atomic mass is 16.5. The molecule has 0 unspecified atom stereocenters. The molecule has 21 heavy (non-hydrogen) atoms. The summed E-state index contributed by atoms with van der Waals surface area (Å²) in [5.74, 6) is 2.48. The van der Waals surface area contributed by atoms with Gasteiger partial charge in [-0.1, -0.05) is 18.2 Å². The van der Waals surface area contributed by atoms with Crippen LogP contribution in [0.15, 0.2) is 30.3 Å². The van der Waals surface area contributed by atoms with Gasteiger partial charge >= 0.3 is 0 Å². The molecule has 1 N–H and O–H groups in total. The number of nitrogens with zero attached hydrogens (tertiary/aromatic N) is 3. The summed E-state index contributed by atoms with van der Waals surface area (Å²) < 4.78 is 5.18. The van der Waals surface area contributed by atoms with E-state index in [9.17, 15) is 0 Å². The molecule has 3 rings (SSSR count). The molecule has 1 aliphatic heterocycles. The Morgan fingerprint density at radius 2 is 2.14 bits per heavy atom.